The Labute approximate surface area is 315 Å². The van der Waals surface area contributed by atoms with Gasteiger partial charge in [0.15, 0.2) is 0 Å². The molecule has 55 heavy (non-hydrogen) atoms. The molecule has 11 nitrogen and oxygen atoms in total. The largest absolute Gasteiger partial charge is 0.497 e. The molecule has 0 aliphatic rings. The summed E-state index contributed by atoms with van der Waals surface area (Å²) in [5, 5.41) is 7.16. The minimum Gasteiger partial charge on any atom is -0.497 e. The Morgan fingerprint density at radius 2 is 1.38 bits per heavy atom. The van der Waals surface area contributed by atoms with Gasteiger partial charge in [-0.3, -0.25) is 24.0 Å². The van der Waals surface area contributed by atoms with Gasteiger partial charge in [0.05, 0.1) is 13.2 Å². The highest BCUT2D eigenvalue weighted by Crippen LogP contribution is 2.30. The molecule has 0 spiro atoms. The number of nitrogens with one attached hydrogen (secondary N) is 4. The lowest BCUT2D eigenvalue weighted by molar-refractivity contribution is -0.165. The van der Waals surface area contributed by atoms with Crippen molar-refractivity contribution in [2.45, 2.75) is 63.0 Å². The van der Waals surface area contributed by atoms with Gasteiger partial charge in [-0.05, 0) is 46.9 Å². The summed E-state index contributed by atoms with van der Waals surface area (Å²) in [4.78, 5) is 65.8. The monoisotopic (exact) mass is 803 g/mol. The smallest absolute Gasteiger partial charge is 0.405 e. The van der Waals surface area contributed by atoms with E-state index in [1.807, 2.05) is 10.6 Å². The third-order valence-corrected chi connectivity index (χ3v) is 8.32. The molecule has 0 radical (unpaired) electrons. The van der Waals surface area contributed by atoms with Crippen LogP contribution in [-0.4, -0.2) is 67.2 Å². The number of Topliss-reactive ketones (excluding diaryl/α,β-unsaturated/α-hetero) is 1. The molecule has 0 unspecified atom stereocenters. The van der Waals surface area contributed by atoms with Crippen LogP contribution in [0, 0.1) is 5.92 Å². The first-order valence-corrected chi connectivity index (χ1v) is 16.7. The van der Waals surface area contributed by atoms with Crippen molar-refractivity contribution in [2.75, 3.05) is 13.7 Å². The van der Waals surface area contributed by atoms with Crippen LogP contribution < -0.4 is 31.7 Å². The first-order chi connectivity index (χ1) is 25.6. The number of amides is 4. The van der Waals surface area contributed by atoms with E-state index in [2.05, 4.69) is 5.32 Å². The van der Waals surface area contributed by atoms with Crippen LogP contribution in [0.5, 0.6) is 5.75 Å². The van der Waals surface area contributed by atoms with E-state index in [1.54, 1.807) is 12.1 Å². The summed E-state index contributed by atoms with van der Waals surface area (Å²) in [6.07, 6.45) is -5.50. The van der Waals surface area contributed by atoms with E-state index in [1.165, 1.54) is 69.5 Å². The van der Waals surface area contributed by atoms with Gasteiger partial charge in [-0.1, -0.05) is 74.0 Å². The summed E-state index contributed by atoms with van der Waals surface area (Å²) in [5.74, 6) is -19.5. The minimum atomic E-state index is -5.08. The number of benzene rings is 3. The van der Waals surface area contributed by atoms with Crippen molar-refractivity contribution in [2.24, 2.45) is 11.7 Å². The zero-order valence-electron chi connectivity index (χ0n) is 29.4. The molecule has 3 aromatic rings. The number of carbonyl (C=O) groups excluding carboxylic acids is 5. The van der Waals surface area contributed by atoms with Gasteiger partial charge in [-0.15, -0.1) is 0 Å². The Balaban J connectivity index is 2.00. The van der Waals surface area contributed by atoms with Crippen molar-refractivity contribution in [1.29, 1.82) is 0 Å². The molecule has 3 atom stereocenters. The lowest BCUT2D eigenvalue weighted by Crippen LogP contribution is -2.59. The predicted octanol–water partition coefficient (Wildman–Crippen LogP) is 4.51. The Hall–Kier alpha value is -5.23. The highest BCUT2D eigenvalue weighted by atomic mass is 35.5. The standard InChI is InChI=1S/C36H37ClF7N5O6/c1-19(2)27(29(50)36(43,44)32(53)46-18-34(38,39)40)48-31(52)28(22-11-13-25(55-3)14-12-22)49-30(51)26(15-20-7-9-21(17-45)10-8-20)47-33(54)35(41,42)23-5-4-6-24(37)16-23/h4-14,16,19,26-28H,15,17-18,45H2,1-3H3,(H,46,53)(H,47,54)(H,48,52)(H,49,51)/t26-,27-,28-/m0/s1. The van der Waals surface area contributed by atoms with Gasteiger partial charge in [0, 0.05) is 23.6 Å². The molecule has 3 rings (SSSR count). The quantitative estimate of drug-likeness (QED) is 0.0989. The molecule has 0 saturated heterocycles. The number of alkyl halides is 7. The second-order valence-corrected chi connectivity index (χ2v) is 13.0. The Bertz CT molecular complexity index is 1840. The van der Waals surface area contributed by atoms with Gasteiger partial charge in [0.1, 0.15) is 24.4 Å². The average molecular weight is 804 g/mol. The maximum absolute atomic E-state index is 15.4. The van der Waals surface area contributed by atoms with E-state index in [4.69, 9.17) is 22.1 Å². The molecule has 0 aromatic heterocycles. The number of hydrogen-bond acceptors (Lipinski definition) is 7. The molecular weight excluding hydrogens is 767 g/mol. The molecule has 0 saturated carbocycles. The molecule has 0 heterocycles. The first-order valence-electron chi connectivity index (χ1n) is 16.3. The maximum Gasteiger partial charge on any atom is 0.405 e. The molecule has 0 aliphatic heterocycles. The van der Waals surface area contributed by atoms with E-state index < -0.39 is 90.0 Å². The van der Waals surface area contributed by atoms with Crippen molar-refractivity contribution < 1.29 is 59.4 Å². The predicted molar refractivity (Wildman–Crippen MR) is 185 cm³/mol. The number of ketones is 1. The zero-order valence-corrected chi connectivity index (χ0v) is 30.2. The van der Waals surface area contributed by atoms with Gasteiger partial charge >= 0.3 is 18.0 Å². The fourth-order valence-corrected chi connectivity index (χ4v) is 5.22. The van der Waals surface area contributed by atoms with E-state index in [9.17, 15) is 45.9 Å². The van der Waals surface area contributed by atoms with Crippen LogP contribution >= 0.6 is 11.6 Å². The lowest BCUT2D eigenvalue weighted by atomic mass is 9.94. The molecule has 0 bridgehead atoms. The number of ether oxygens (including phenoxy) is 1. The fourth-order valence-electron chi connectivity index (χ4n) is 5.03. The second-order valence-electron chi connectivity index (χ2n) is 12.5. The summed E-state index contributed by atoms with van der Waals surface area (Å²) in [6, 6.07) is 9.78. The van der Waals surface area contributed by atoms with Crippen LogP contribution in [0.15, 0.2) is 72.8 Å². The van der Waals surface area contributed by atoms with Crippen molar-refractivity contribution in [1.82, 2.24) is 21.3 Å². The summed E-state index contributed by atoms with van der Waals surface area (Å²) in [5.41, 5.74) is 5.81. The SMILES string of the molecule is COc1ccc([C@H](NC(=O)[C@H](Cc2ccc(CN)cc2)NC(=O)C(F)(F)c2cccc(Cl)c2)C(=O)N[C@H](C(=O)C(F)(F)C(=O)NCC(F)(F)F)C(C)C)cc1. The molecule has 4 amide bonds. The van der Waals surface area contributed by atoms with E-state index in [0.29, 0.717) is 11.1 Å². The van der Waals surface area contributed by atoms with Crippen molar-refractivity contribution in [3.05, 3.63) is 100 Å². The number of rotatable bonds is 17. The van der Waals surface area contributed by atoms with Crippen LogP contribution in [0.4, 0.5) is 30.7 Å². The van der Waals surface area contributed by atoms with E-state index in [-0.39, 0.29) is 22.9 Å². The van der Waals surface area contributed by atoms with Gasteiger partial charge in [-0.2, -0.15) is 30.7 Å². The Morgan fingerprint density at radius 1 is 0.782 bits per heavy atom. The normalized spacial score (nSPS) is 13.6. The number of halogens is 8. The highest BCUT2D eigenvalue weighted by Gasteiger charge is 2.52. The molecule has 0 fully saturated rings. The number of carbonyl (C=O) groups is 5. The first kappa shape index (κ1) is 44.2. The van der Waals surface area contributed by atoms with E-state index >= 15 is 8.78 Å². The molecule has 298 valence electrons. The second kappa shape index (κ2) is 18.4. The minimum absolute atomic E-state index is 0.0575. The summed E-state index contributed by atoms with van der Waals surface area (Å²) in [7, 11) is 1.32. The number of nitrogens with two attached hydrogens (primary N) is 1. The van der Waals surface area contributed by atoms with Crippen molar-refractivity contribution >= 4 is 41.0 Å². The topological polar surface area (TPSA) is 169 Å². The lowest BCUT2D eigenvalue weighted by Gasteiger charge is -2.29. The van der Waals surface area contributed by atoms with Gasteiger partial charge < -0.3 is 31.7 Å². The number of hydrogen-bond donors (Lipinski definition) is 5. The average Bonchev–Trinajstić information content (AvgIpc) is 3.14. The fraction of sp³-hybridized carbons (Fsp3) is 0.361. The van der Waals surface area contributed by atoms with Crippen molar-refractivity contribution in [3.8, 4) is 5.75 Å². The van der Waals surface area contributed by atoms with Gasteiger partial charge in [0.25, 0.3) is 11.8 Å². The van der Waals surface area contributed by atoms with Crippen LogP contribution in [0.1, 0.15) is 42.1 Å². The zero-order chi connectivity index (χ0) is 41.3. The Kier molecular flexibility index (Phi) is 14.8. The number of methoxy groups -OCH3 is 1. The van der Waals surface area contributed by atoms with Gasteiger partial charge in [-0.25, -0.2) is 0 Å². The third-order valence-electron chi connectivity index (χ3n) is 8.08. The van der Waals surface area contributed by atoms with Crippen LogP contribution in [-0.2, 0) is 42.9 Å². The molecule has 19 heteroatoms. The molecule has 6 N–H and O–H groups in total. The molecule has 0 aliphatic carbocycles. The molecular formula is C36H37ClF7N5O6. The summed E-state index contributed by atoms with van der Waals surface area (Å²) in [6.45, 7) is 0.360. The Morgan fingerprint density at radius 3 is 1.91 bits per heavy atom. The van der Waals surface area contributed by atoms with Crippen LogP contribution in [0.25, 0.3) is 0 Å². The van der Waals surface area contributed by atoms with E-state index in [0.717, 1.165) is 17.4 Å². The third kappa shape index (κ3) is 11.9. The molecule has 3 aromatic carbocycles. The summed E-state index contributed by atoms with van der Waals surface area (Å²) >= 11 is 5.85. The van der Waals surface area contributed by atoms with Crippen LogP contribution in [0.3, 0.4) is 0 Å². The van der Waals surface area contributed by atoms with Gasteiger partial charge in [0.2, 0.25) is 17.6 Å². The summed E-state index contributed by atoms with van der Waals surface area (Å²) < 4.78 is 103. The van der Waals surface area contributed by atoms with Crippen molar-refractivity contribution in [3.63, 3.8) is 0 Å². The van der Waals surface area contributed by atoms with Crippen LogP contribution in [0.2, 0.25) is 5.02 Å². The highest BCUT2D eigenvalue weighted by molar-refractivity contribution is 6.30. The maximum atomic E-state index is 15.4.